The highest BCUT2D eigenvalue weighted by Gasteiger charge is 2.00. The van der Waals surface area contributed by atoms with E-state index in [4.69, 9.17) is 5.73 Å². The predicted molar refractivity (Wildman–Crippen MR) is 106 cm³/mol. The largest absolute Gasteiger partial charge is 0.507 e. The summed E-state index contributed by atoms with van der Waals surface area (Å²) in [7, 11) is 1.31. The van der Waals surface area contributed by atoms with Crippen LogP contribution in [0.4, 0.5) is 0 Å². The van der Waals surface area contributed by atoms with Crippen molar-refractivity contribution >= 4 is 35.2 Å². The van der Waals surface area contributed by atoms with E-state index in [0.717, 1.165) is 5.56 Å². The van der Waals surface area contributed by atoms with Crippen LogP contribution >= 0.6 is 11.8 Å². The van der Waals surface area contributed by atoms with Crippen LogP contribution in [0.1, 0.15) is 16.7 Å². The number of esters is 1. The van der Waals surface area contributed by atoms with Crippen molar-refractivity contribution in [3.8, 4) is 5.75 Å². The standard InChI is InChI=1S/C19H19N3O3S/c1-25-18(24)10-8-14-7-9-17(23)16(11-14)12-21-22-19(20)26-13-15-5-3-2-4-6-15/h2-12,23H,13H2,1H3,(H2,20,22). The molecule has 2 aromatic carbocycles. The molecule has 0 aliphatic carbocycles. The maximum absolute atomic E-state index is 11.1. The zero-order valence-corrected chi connectivity index (χ0v) is 15.0. The Bertz CT molecular complexity index is 833. The molecular weight excluding hydrogens is 350 g/mol. The Morgan fingerprint density at radius 1 is 1.27 bits per heavy atom. The molecular formula is C19H19N3O3S. The van der Waals surface area contributed by atoms with E-state index in [1.54, 1.807) is 18.2 Å². The van der Waals surface area contributed by atoms with Gasteiger partial charge >= 0.3 is 5.97 Å². The summed E-state index contributed by atoms with van der Waals surface area (Å²) < 4.78 is 4.54. The van der Waals surface area contributed by atoms with Gasteiger partial charge in [-0.25, -0.2) is 4.79 Å². The van der Waals surface area contributed by atoms with E-state index >= 15 is 0 Å². The van der Waals surface area contributed by atoms with Gasteiger partial charge in [-0.1, -0.05) is 48.2 Å². The van der Waals surface area contributed by atoms with Gasteiger partial charge < -0.3 is 15.6 Å². The van der Waals surface area contributed by atoms with Gasteiger partial charge in [0.15, 0.2) is 5.17 Å². The lowest BCUT2D eigenvalue weighted by atomic mass is 10.1. The Labute approximate surface area is 156 Å². The third-order valence-electron chi connectivity index (χ3n) is 3.25. The fourth-order valence-corrected chi connectivity index (χ4v) is 2.53. The summed E-state index contributed by atoms with van der Waals surface area (Å²) in [5.41, 5.74) is 8.14. The van der Waals surface area contributed by atoms with Crippen LogP contribution in [-0.4, -0.2) is 29.6 Å². The first-order chi connectivity index (χ1) is 12.6. The Kier molecular flexibility index (Phi) is 7.45. The maximum Gasteiger partial charge on any atom is 0.330 e. The molecule has 7 heteroatoms. The minimum absolute atomic E-state index is 0.0506. The number of nitrogens with two attached hydrogens (primary N) is 1. The summed E-state index contributed by atoms with van der Waals surface area (Å²) in [6.45, 7) is 0. The van der Waals surface area contributed by atoms with Gasteiger partial charge in [0.1, 0.15) is 5.75 Å². The molecule has 0 atom stereocenters. The Morgan fingerprint density at radius 3 is 2.77 bits per heavy atom. The summed E-state index contributed by atoms with van der Waals surface area (Å²) >= 11 is 1.37. The molecule has 0 amide bonds. The van der Waals surface area contributed by atoms with Crippen LogP contribution in [0.3, 0.4) is 0 Å². The fraction of sp³-hybridized carbons (Fsp3) is 0.105. The van der Waals surface area contributed by atoms with E-state index < -0.39 is 5.97 Å². The second kappa shape index (κ2) is 10.0. The Morgan fingerprint density at radius 2 is 2.04 bits per heavy atom. The number of aromatic hydroxyl groups is 1. The molecule has 0 unspecified atom stereocenters. The third kappa shape index (κ3) is 6.45. The first-order valence-electron chi connectivity index (χ1n) is 7.71. The zero-order chi connectivity index (χ0) is 18.8. The normalized spacial score (nSPS) is 12.0. The lowest BCUT2D eigenvalue weighted by Gasteiger charge is -2.01. The Hall–Kier alpha value is -3.06. The second-order valence-corrected chi connectivity index (χ2v) is 6.13. The molecule has 0 fully saturated rings. The van der Waals surface area contributed by atoms with Crippen LogP contribution in [0, 0.1) is 0 Å². The molecule has 134 valence electrons. The molecule has 0 aliphatic heterocycles. The average Bonchev–Trinajstić information content (AvgIpc) is 2.67. The topological polar surface area (TPSA) is 97.3 Å². The number of thioether (sulfide) groups is 1. The monoisotopic (exact) mass is 369 g/mol. The van der Waals surface area contributed by atoms with Crippen molar-refractivity contribution in [2.45, 2.75) is 5.75 Å². The quantitative estimate of drug-likeness (QED) is 0.268. The highest BCUT2D eigenvalue weighted by molar-refractivity contribution is 8.13. The van der Waals surface area contributed by atoms with Crippen LogP contribution in [-0.2, 0) is 15.3 Å². The average molecular weight is 369 g/mol. The van der Waals surface area contributed by atoms with Crippen LogP contribution in [0.5, 0.6) is 5.75 Å². The molecule has 0 heterocycles. The van der Waals surface area contributed by atoms with E-state index in [0.29, 0.717) is 22.0 Å². The number of carbonyl (C=O) groups is 1. The summed E-state index contributed by atoms with van der Waals surface area (Å²) in [6.07, 6.45) is 4.28. The van der Waals surface area contributed by atoms with Gasteiger partial charge in [0, 0.05) is 17.4 Å². The molecule has 3 N–H and O–H groups in total. The fourth-order valence-electron chi connectivity index (χ4n) is 1.92. The van der Waals surface area contributed by atoms with Crippen LogP contribution < -0.4 is 5.73 Å². The number of hydrogen-bond acceptors (Lipinski definition) is 6. The SMILES string of the molecule is COC(=O)C=Cc1ccc(O)c(C=NN=C(N)SCc2ccccc2)c1. The highest BCUT2D eigenvalue weighted by atomic mass is 32.2. The molecule has 2 aromatic rings. The van der Waals surface area contributed by atoms with Crippen LogP contribution in [0.2, 0.25) is 0 Å². The van der Waals surface area contributed by atoms with Crippen molar-refractivity contribution < 1.29 is 14.6 Å². The zero-order valence-electron chi connectivity index (χ0n) is 14.2. The molecule has 0 saturated carbocycles. The van der Waals surface area contributed by atoms with Crippen molar-refractivity contribution in [3.63, 3.8) is 0 Å². The smallest absolute Gasteiger partial charge is 0.330 e. The number of phenols is 1. The number of amidine groups is 1. The number of phenolic OH excluding ortho intramolecular Hbond substituents is 1. The molecule has 0 spiro atoms. The molecule has 2 rings (SSSR count). The number of methoxy groups -OCH3 is 1. The molecule has 0 radical (unpaired) electrons. The van der Waals surface area contributed by atoms with E-state index in [9.17, 15) is 9.90 Å². The van der Waals surface area contributed by atoms with Gasteiger partial charge in [0.2, 0.25) is 0 Å². The summed E-state index contributed by atoms with van der Waals surface area (Å²) in [6, 6.07) is 14.7. The van der Waals surface area contributed by atoms with Crippen LogP contribution in [0.25, 0.3) is 6.08 Å². The minimum Gasteiger partial charge on any atom is -0.507 e. The first kappa shape index (κ1) is 19.3. The minimum atomic E-state index is -0.457. The first-order valence-corrected chi connectivity index (χ1v) is 8.69. The number of carbonyl (C=O) groups excluding carboxylic acids is 1. The molecule has 0 saturated heterocycles. The van der Waals surface area contributed by atoms with Crippen molar-refractivity contribution in [1.29, 1.82) is 0 Å². The molecule has 6 nitrogen and oxygen atoms in total. The maximum atomic E-state index is 11.1. The van der Waals surface area contributed by atoms with Gasteiger partial charge in [-0.2, -0.15) is 5.10 Å². The van der Waals surface area contributed by atoms with Gasteiger partial charge in [-0.3, -0.25) is 0 Å². The second-order valence-electron chi connectivity index (χ2n) is 5.13. The number of ether oxygens (including phenoxy) is 1. The van der Waals surface area contributed by atoms with Gasteiger partial charge in [0.25, 0.3) is 0 Å². The highest BCUT2D eigenvalue weighted by Crippen LogP contribution is 2.18. The van der Waals surface area contributed by atoms with Gasteiger partial charge in [0.05, 0.1) is 13.3 Å². The third-order valence-corrected chi connectivity index (χ3v) is 4.10. The van der Waals surface area contributed by atoms with Crippen molar-refractivity contribution in [2.75, 3.05) is 7.11 Å². The van der Waals surface area contributed by atoms with E-state index in [2.05, 4.69) is 14.9 Å². The lowest BCUT2D eigenvalue weighted by molar-refractivity contribution is -0.134. The lowest BCUT2D eigenvalue weighted by Crippen LogP contribution is -2.06. The Balaban J connectivity index is 1.99. The van der Waals surface area contributed by atoms with Crippen molar-refractivity contribution in [3.05, 3.63) is 71.3 Å². The summed E-state index contributed by atoms with van der Waals surface area (Å²) in [5.74, 6) is 0.292. The number of hydrogen-bond donors (Lipinski definition) is 2. The van der Waals surface area contributed by atoms with Crippen LogP contribution in [0.15, 0.2) is 64.8 Å². The van der Waals surface area contributed by atoms with E-state index in [-0.39, 0.29) is 5.75 Å². The van der Waals surface area contributed by atoms with Gasteiger partial charge in [-0.15, -0.1) is 5.10 Å². The summed E-state index contributed by atoms with van der Waals surface area (Å²) in [5, 5.41) is 18.0. The number of rotatable bonds is 6. The predicted octanol–water partition coefficient (Wildman–Crippen LogP) is 3.16. The van der Waals surface area contributed by atoms with Gasteiger partial charge in [-0.05, 0) is 29.3 Å². The van der Waals surface area contributed by atoms with E-state index in [1.807, 2.05) is 30.3 Å². The molecule has 26 heavy (non-hydrogen) atoms. The molecule has 0 aromatic heterocycles. The summed E-state index contributed by atoms with van der Waals surface area (Å²) in [4.78, 5) is 11.1. The van der Waals surface area contributed by atoms with E-state index in [1.165, 1.54) is 37.2 Å². The number of nitrogens with zero attached hydrogens (tertiary/aromatic N) is 2. The molecule has 0 bridgehead atoms. The molecule has 0 aliphatic rings. The van der Waals surface area contributed by atoms with Crippen molar-refractivity contribution in [1.82, 2.24) is 0 Å². The number of benzene rings is 2. The van der Waals surface area contributed by atoms with Crippen molar-refractivity contribution in [2.24, 2.45) is 15.9 Å².